The highest BCUT2D eigenvalue weighted by Gasteiger charge is 2.45. The molecule has 0 radical (unpaired) electrons. The predicted octanol–water partition coefficient (Wildman–Crippen LogP) is 1.59. The zero-order chi connectivity index (χ0) is 9.52. The number of halogens is 4. The van der Waals surface area contributed by atoms with Crippen molar-refractivity contribution in [2.24, 2.45) is 0 Å². The van der Waals surface area contributed by atoms with Gasteiger partial charge in [0, 0.05) is 6.08 Å². The van der Waals surface area contributed by atoms with Crippen LogP contribution in [-0.4, -0.2) is 22.2 Å². The van der Waals surface area contributed by atoms with Crippen LogP contribution in [0.25, 0.3) is 0 Å². The Kier molecular flexibility index (Phi) is 1.87. The summed E-state index contributed by atoms with van der Waals surface area (Å²) in [7, 11) is 0. The maximum absolute atomic E-state index is 12.4. The van der Waals surface area contributed by atoms with Gasteiger partial charge in [-0.2, -0.15) is 4.39 Å². The van der Waals surface area contributed by atoms with Crippen LogP contribution in [0.2, 0.25) is 0 Å². The first kappa shape index (κ1) is 9.05. The number of allylic oxidation sites excluding steroid dienone is 2. The minimum Gasteiger partial charge on any atom is -0.506 e. The predicted molar refractivity (Wildman–Crippen MR) is 30.9 cm³/mol. The summed E-state index contributed by atoms with van der Waals surface area (Å²) in [5.41, 5.74) is 0. The van der Waals surface area contributed by atoms with Gasteiger partial charge in [-0.3, -0.25) is 0 Å². The molecule has 1 rings (SSSR count). The van der Waals surface area contributed by atoms with E-state index < -0.39 is 29.4 Å². The molecule has 0 bridgehead atoms. The third kappa shape index (κ3) is 1.18. The van der Waals surface area contributed by atoms with Gasteiger partial charge in [0.1, 0.15) is 0 Å². The average molecular weight is 184 g/mol. The van der Waals surface area contributed by atoms with E-state index in [4.69, 9.17) is 10.2 Å². The molecule has 0 aromatic carbocycles. The Hall–Kier alpha value is -1.04. The van der Waals surface area contributed by atoms with Crippen molar-refractivity contribution in [3.8, 4) is 0 Å². The number of aliphatic hydroxyl groups is 2. The number of rotatable bonds is 0. The summed E-state index contributed by atoms with van der Waals surface area (Å²) >= 11 is 0. The Labute approximate surface area is 64.4 Å². The van der Waals surface area contributed by atoms with Crippen molar-refractivity contribution < 1.29 is 27.8 Å². The quantitative estimate of drug-likeness (QED) is 0.561. The van der Waals surface area contributed by atoms with Crippen LogP contribution in [-0.2, 0) is 0 Å². The first-order valence-corrected chi connectivity index (χ1v) is 2.89. The van der Waals surface area contributed by atoms with Crippen molar-refractivity contribution in [3.05, 3.63) is 23.5 Å². The molecule has 0 fully saturated rings. The van der Waals surface area contributed by atoms with Gasteiger partial charge in [-0.15, -0.1) is 0 Å². The lowest BCUT2D eigenvalue weighted by molar-refractivity contribution is -0.104. The van der Waals surface area contributed by atoms with Crippen LogP contribution in [0.5, 0.6) is 0 Å². The Bertz CT molecular complexity index is 269. The second kappa shape index (κ2) is 2.48. The Morgan fingerprint density at radius 1 is 1.42 bits per heavy atom. The molecule has 0 spiro atoms. The first-order valence-electron chi connectivity index (χ1n) is 2.89. The van der Waals surface area contributed by atoms with Gasteiger partial charge >= 0.3 is 0 Å². The van der Waals surface area contributed by atoms with E-state index in [9.17, 15) is 17.6 Å². The molecular formula is C6H4F4O2. The number of hydrogen-bond donors (Lipinski definition) is 2. The summed E-state index contributed by atoms with van der Waals surface area (Å²) in [4.78, 5) is 0. The summed E-state index contributed by atoms with van der Waals surface area (Å²) in [6.07, 6.45) is -3.27. The Morgan fingerprint density at radius 3 is 2.42 bits per heavy atom. The second-order valence-corrected chi connectivity index (χ2v) is 2.28. The van der Waals surface area contributed by atoms with Gasteiger partial charge in [-0.05, 0) is 0 Å². The van der Waals surface area contributed by atoms with E-state index in [1.165, 1.54) is 0 Å². The fourth-order valence-corrected chi connectivity index (χ4v) is 0.740. The molecule has 6 heteroatoms. The summed E-state index contributed by atoms with van der Waals surface area (Å²) in [5.74, 6) is -9.19. The lowest BCUT2D eigenvalue weighted by Crippen LogP contribution is -2.37. The van der Waals surface area contributed by atoms with E-state index in [-0.39, 0.29) is 6.08 Å². The third-order valence-electron chi connectivity index (χ3n) is 1.36. The summed E-state index contributed by atoms with van der Waals surface area (Å²) in [5, 5.41) is 16.8. The van der Waals surface area contributed by atoms with Gasteiger partial charge in [0.2, 0.25) is 6.17 Å². The number of hydrogen-bond acceptors (Lipinski definition) is 2. The molecule has 0 aromatic rings. The number of alkyl halides is 2. The van der Waals surface area contributed by atoms with E-state index in [1.54, 1.807) is 0 Å². The van der Waals surface area contributed by atoms with Crippen LogP contribution in [0.3, 0.4) is 0 Å². The molecule has 1 aliphatic carbocycles. The van der Waals surface area contributed by atoms with Gasteiger partial charge < -0.3 is 10.2 Å². The molecule has 2 atom stereocenters. The number of aliphatic hydroxyl groups excluding tert-OH is 1. The minimum absolute atomic E-state index is 0.285. The van der Waals surface area contributed by atoms with Crippen LogP contribution in [0.15, 0.2) is 23.5 Å². The van der Waals surface area contributed by atoms with E-state index in [0.29, 0.717) is 0 Å². The third-order valence-corrected chi connectivity index (χ3v) is 1.36. The Balaban J connectivity index is 3.15. The Morgan fingerprint density at radius 2 is 1.92 bits per heavy atom. The zero-order valence-corrected chi connectivity index (χ0v) is 5.56. The average Bonchev–Trinajstić information content (AvgIpc) is 1.97. The van der Waals surface area contributed by atoms with Crippen LogP contribution >= 0.6 is 0 Å². The molecule has 2 N–H and O–H groups in total. The van der Waals surface area contributed by atoms with Crippen molar-refractivity contribution in [1.29, 1.82) is 0 Å². The van der Waals surface area contributed by atoms with E-state index in [1.807, 2.05) is 0 Å². The van der Waals surface area contributed by atoms with Crippen LogP contribution in [0.1, 0.15) is 0 Å². The summed E-state index contributed by atoms with van der Waals surface area (Å²) in [6.45, 7) is 0. The topological polar surface area (TPSA) is 40.5 Å². The van der Waals surface area contributed by atoms with Crippen LogP contribution in [0.4, 0.5) is 17.6 Å². The molecule has 2 nitrogen and oxygen atoms in total. The molecule has 0 amide bonds. The molecule has 0 aromatic heterocycles. The maximum atomic E-state index is 12.4. The molecular weight excluding hydrogens is 180 g/mol. The SMILES string of the molecule is OC1=C(F)C(F)=CC(O)(F)C1F. The monoisotopic (exact) mass is 184 g/mol. The molecule has 68 valence electrons. The van der Waals surface area contributed by atoms with Crippen molar-refractivity contribution >= 4 is 0 Å². The van der Waals surface area contributed by atoms with Crippen LogP contribution < -0.4 is 0 Å². The molecule has 2 unspecified atom stereocenters. The zero-order valence-electron chi connectivity index (χ0n) is 5.56. The maximum Gasteiger partial charge on any atom is 0.268 e. The van der Waals surface area contributed by atoms with Gasteiger partial charge in [0.25, 0.3) is 5.85 Å². The van der Waals surface area contributed by atoms with Crippen molar-refractivity contribution in [2.75, 3.05) is 0 Å². The highest BCUT2D eigenvalue weighted by molar-refractivity contribution is 5.32. The molecule has 0 aliphatic heterocycles. The standard InChI is InChI=1S/C6H4F4O2/c7-2-1-6(10,12)5(9)4(11)3(2)8/h1,5,11-12H. The van der Waals surface area contributed by atoms with Gasteiger partial charge in [-0.1, -0.05) is 0 Å². The summed E-state index contributed by atoms with van der Waals surface area (Å²) in [6, 6.07) is 0. The van der Waals surface area contributed by atoms with Crippen molar-refractivity contribution in [3.63, 3.8) is 0 Å². The van der Waals surface area contributed by atoms with Gasteiger partial charge in [0.15, 0.2) is 17.4 Å². The molecule has 0 saturated carbocycles. The van der Waals surface area contributed by atoms with Crippen molar-refractivity contribution in [2.45, 2.75) is 12.0 Å². The van der Waals surface area contributed by atoms with E-state index in [0.717, 1.165) is 0 Å². The van der Waals surface area contributed by atoms with Gasteiger partial charge in [-0.25, -0.2) is 13.2 Å². The van der Waals surface area contributed by atoms with E-state index in [2.05, 4.69) is 0 Å². The minimum atomic E-state index is -3.69. The smallest absolute Gasteiger partial charge is 0.268 e. The van der Waals surface area contributed by atoms with E-state index >= 15 is 0 Å². The highest BCUT2D eigenvalue weighted by atomic mass is 19.2. The fourth-order valence-electron chi connectivity index (χ4n) is 0.740. The molecule has 1 aliphatic rings. The molecule has 0 heterocycles. The highest BCUT2D eigenvalue weighted by Crippen LogP contribution is 2.34. The van der Waals surface area contributed by atoms with Crippen molar-refractivity contribution in [1.82, 2.24) is 0 Å². The largest absolute Gasteiger partial charge is 0.506 e. The molecule has 12 heavy (non-hydrogen) atoms. The second-order valence-electron chi connectivity index (χ2n) is 2.28. The first-order chi connectivity index (χ1) is 5.36. The normalized spacial score (nSPS) is 36.8. The van der Waals surface area contributed by atoms with Crippen LogP contribution in [0, 0.1) is 0 Å². The summed E-state index contributed by atoms with van der Waals surface area (Å²) < 4.78 is 49.3. The lowest BCUT2D eigenvalue weighted by atomic mass is 10.0. The fraction of sp³-hybridized carbons (Fsp3) is 0.333. The van der Waals surface area contributed by atoms with Gasteiger partial charge in [0.05, 0.1) is 0 Å². The lowest BCUT2D eigenvalue weighted by Gasteiger charge is -2.22. The molecule has 0 saturated heterocycles.